The molecule has 11 heteroatoms. The van der Waals surface area contributed by atoms with E-state index in [0.717, 1.165) is 9.13 Å². The highest BCUT2D eigenvalue weighted by Gasteiger charge is 2.64. The fourth-order valence-corrected chi connectivity index (χ4v) is 4.75. The number of imidazole rings is 1. The summed E-state index contributed by atoms with van der Waals surface area (Å²) in [5.74, 6) is 0.252. The van der Waals surface area contributed by atoms with E-state index in [1.54, 1.807) is 10.9 Å². The number of hydrogen-bond acceptors (Lipinski definition) is 8. The molecule has 0 radical (unpaired) electrons. The highest BCUT2D eigenvalue weighted by atomic mass is 127. The topological polar surface area (TPSA) is 126 Å². The minimum Gasteiger partial charge on any atom is -0.388 e. The van der Waals surface area contributed by atoms with Gasteiger partial charge >= 0.3 is 0 Å². The van der Waals surface area contributed by atoms with Crippen molar-refractivity contribution in [1.29, 1.82) is 0 Å². The second-order valence-corrected chi connectivity index (χ2v) is 8.60. The van der Waals surface area contributed by atoms with Crippen LogP contribution in [0.2, 0.25) is 0 Å². The van der Waals surface area contributed by atoms with Gasteiger partial charge < -0.3 is 25.8 Å². The summed E-state index contributed by atoms with van der Waals surface area (Å²) in [7, 11) is 1.53. The number of carbonyl (C=O) groups is 1. The van der Waals surface area contributed by atoms with Crippen molar-refractivity contribution in [1.82, 2.24) is 30.2 Å². The highest BCUT2D eigenvalue weighted by Crippen LogP contribution is 2.42. The molecule has 2 aliphatic rings. The number of aliphatic hydroxyl groups excluding tert-OH is 1. The Morgan fingerprint density at radius 1 is 1.43 bits per heavy atom. The number of halogens is 1. The molecule has 0 aliphatic carbocycles. The van der Waals surface area contributed by atoms with Gasteiger partial charge in [-0.3, -0.25) is 9.36 Å². The van der Waals surface area contributed by atoms with E-state index in [1.165, 1.54) is 13.4 Å². The standard InChI is InChI=1S/C19H20IN7O3/c1-21-18(29)19-7-23-12(14(19)28)17(30-19)27-9-26-13-15(24-8-25-16(13)27)22-6-10-3-2-4-11(20)5-10/h2-5,8-9,12,14,17,23,28H,6-7H2,1H3,(H,21,29)(H,22,24,25)/t12-,14+,17+,19+/m0/s1. The van der Waals surface area contributed by atoms with Crippen LogP contribution in [0.5, 0.6) is 0 Å². The number of nitrogens with one attached hydrogen (secondary N) is 3. The summed E-state index contributed by atoms with van der Waals surface area (Å²) >= 11 is 2.28. The number of morpholine rings is 1. The number of fused-ring (bicyclic) bond motifs is 3. The van der Waals surface area contributed by atoms with Gasteiger partial charge in [0.05, 0.1) is 12.4 Å². The van der Waals surface area contributed by atoms with Crippen LogP contribution in [-0.2, 0) is 16.1 Å². The Labute approximate surface area is 185 Å². The third-order valence-electron chi connectivity index (χ3n) is 5.65. The van der Waals surface area contributed by atoms with Crippen LogP contribution in [0, 0.1) is 3.57 Å². The van der Waals surface area contributed by atoms with Crippen LogP contribution >= 0.6 is 22.6 Å². The minimum atomic E-state index is -1.32. The summed E-state index contributed by atoms with van der Waals surface area (Å²) in [6.07, 6.45) is 1.48. The quantitative estimate of drug-likeness (QED) is 0.356. The summed E-state index contributed by atoms with van der Waals surface area (Å²) in [5.41, 5.74) is 0.968. The van der Waals surface area contributed by atoms with E-state index in [0.29, 0.717) is 23.5 Å². The maximum Gasteiger partial charge on any atom is 0.256 e. The molecule has 1 amide bonds. The van der Waals surface area contributed by atoms with Gasteiger partial charge in [0, 0.05) is 23.7 Å². The van der Waals surface area contributed by atoms with E-state index < -0.39 is 24.0 Å². The Morgan fingerprint density at radius 2 is 2.30 bits per heavy atom. The lowest BCUT2D eigenvalue weighted by molar-refractivity contribution is -0.158. The highest BCUT2D eigenvalue weighted by molar-refractivity contribution is 14.1. The molecule has 2 bridgehead atoms. The van der Waals surface area contributed by atoms with Gasteiger partial charge in [0.1, 0.15) is 12.4 Å². The Morgan fingerprint density at radius 3 is 3.10 bits per heavy atom. The van der Waals surface area contributed by atoms with Crippen molar-refractivity contribution >= 4 is 45.5 Å². The Balaban J connectivity index is 1.44. The fourth-order valence-electron chi connectivity index (χ4n) is 4.14. The average molecular weight is 521 g/mol. The van der Waals surface area contributed by atoms with Gasteiger partial charge in [-0.25, -0.2) is 15.0 Å². The molecule has 0 saturated carbocycles. The van der Waals surface area contributed by atoms with Crippen molar-refractivity contribution < 1.29 is 14.6 Å². The smallest absolute Gasteiger partial charge is 0.256 e. The van der Waals surface area contributed by atoms with Crippen LogP contribution in [0.1, 0.15) is 11.8 Å². The van der Waals surface area contributed by atoms with Crippen molar-refractivity contribution in [2.24, 2.45) is 0 Å². The number of amides is 1. The number of hydrogen-bond donors (Lipinski definition) is 4. The first-order valence-corrected chi connectivity index (χ1v) is 10.6. The van der Waals surface area contributed by atoms with Crippen LogP contribution in [0.3, 0.4) is 0 Å². The molecule has 2 aromatic heterocycles. The first-order valence-electron chi connectivity index (χ1n) is 9.51. The van der Waals surface area contributed by atoms with E-state index in [4.69, 9.17) is 4.74 Å². The van der Waals surface area contributed by atoms with Gasteiger partial charge in [0.15, 0.2) is 28.8 Å². The summed E-state index contributed by atoms with van der Waals surface area (Å²) in [6, 6.07) is 7.74. The van der Waals surface area contributed by atoms with Gasteiger partial charge in [-0.05, 0) is 40.3 Å². The lowest BCUT2D eigenvalue weighted by Crippen LogP contribution is -2.54. The van der Waals surface area contributed by atoms with Gasteiger partial charge in [-0.15, -0.1) is 0 Å². The number of anilines is 1. The molecular formula is C19H20IN7O3. The number of aliphatic hydroxyl groups is 1. The van der Waals surface area contributed by atoms with Crippen LogP contribution in [0.25, 0.3) is 11.2 Å². The molecule has 0 spiro atoms. The lowest BCUT2D eigenvalue weighted by Gasteiger charge is -2.30. The minimum absolute atomic E-state index is 0.249. The SMILES string of the molecule is CNC(=O)[C@]12CN[C@H]([C@H](n3cnc4c(NCc5cccc(I)c5)ncnc43)O1)[C@H]2O. The lowest BCUT2D eigenvalue weighted by atomic mass is 9.98. The molecule has 156 valence electrons. The van der Waals surface area contributed by atoms with Gasteiger partial charge in [-0.1, -0.05) is 12.1 Å². The summed E-state index contributed by atoms with van der Waals surface area (Å²) < 4.78 is 8.96. The largest absolute Gasteiger partial charge is 0.388 e. The molecule has 2 fully saturated rings. The normalized spacial score (nSPS) is 27.5. The van der Waals surface area contributed by atoms with Crippen molar-refractivity contribution in [3.63, 3.8) is 0 Å². The molecule has 30 heavy (non-hydrogen) atoms. The number of nitrogens with zero attached hydrogens (tertiary/aromatic N) is 4. The summed E-state index contributed by atoms with van der Waals surface area (Å²) in [6.45, 7) is 0.845. The van der Waals surface area contributed by atoms with Crippen LogP contribution in [0.15, 0.2) is 36.9 Å². The molecule has 2 saturated heterocycles. The predicted octanol–water partition coefficient (Wildman–Crippen LogP) is 0.389. The average Bonchev–Trinajstić information content (AvgIpc) is 3.42. The Hall–Kier alpha value is -2.35. The molecule has 4 N–H and O–H groups in total. The zero-order chi connectivity index (χ0) is 20.9. The van der Waals surface area contributed by atoms with Crippen molar-refractivity contribution in [3.05, 3.63) is 46.1 Å². The summed E-state index contributed by atoms with van der Waals surface area (Å²) in [4.78, 5) is 25.6. The van der Waals surface area contributed by atoms with Gasteiger partial charge in [-0.2, -0.15) is 0 Å². The molecule has 1 aromatic carbocycles. The van der Waals surface area contributed by atoms with Crippen molar-refractivity contribution in [2.45, 2.75) is 30.5 Å². The second kappa shape index (κ2) is 7.41. The Kier molecular flexibility index (Phi) is 4.84. The first kappa shape index (κ1) is 19.6. The number of carbonyl (C=O) groups excluding carboxylic acids is 1. The van der Waals surface area contributed by atoms with E-state index >= 15 is 0 Å². The zero-order valence-electron chi connectivity index (χ0n) is 16.0. The zero-order valence-corrected chi connectivity index (χ0v) is 18.2. The molecule has 0 unspecified atom stereocenters. The van der Waals surface area contributed by atoms with E-state index in [1.807, 2.05) is 18.2 Å². The third kappa shape index (κ3) is 2.95. The van der Waals surface area contributed by atoms with Gasteiger partial charge in [0.25, 0.3) is 5.91 Å². The van der Waals surface area contributed by atoms with E-state index in [-0.39, 0.29) is 12.5 Å². The number of ether oxygens (including phenoxy) is 1. The van der Waals surface area contributed by atoms with E-state index in [9.17, 15) is 9.90 Å². The molecule has 4 atom stereocenters. The molecular weight excluding hydrogens is 501 g/mol. The molecule has 5 rings (SSSR count). The predicted molar refractivity (Wildman–Crippen MR) is 117 cm³/mol. The number of benzene rings is 1. The molecule has 4 heterocycles. The Bertz CT molecular complexity index is 1120. The number of aromatic nitrogens is 4. The maximum absolute atomic E-state index is 12.4. The number of rotatable bonds is 5. The second-order valence-electron chi connectivity index (χ2n) is 7.36. The monoisotopic (exact) mass is 521 g/mol. The summed E-state index contributed by atoms with van der Waals surface area (Å²) in [5, 5.41) is 19.8. The van der Waals surface area contributed by atoms with Crippen molar-refractivity contribution in [3.8, 4) is 0 Å². The van der Waals surface area contributed by atoms with Gasteiger partial charge in [0.2, 0.25) is 0 Å². The first-order chi connectivity index (χ1) is 14.5. The molecule has 10 nitrogen and oxygen atoms in total. The maximum atomic E-state index is 12.4. The fraction of sp³-hybridized carbons (Fsp3) is 0.368. The van der Waals surface area contributed by atoms with Crippen LogP contribution in [-0.4, -0.2) is 61.9 Å². The van der Waals surface area contributed by atoms with Crippen LogP contribution < -0.4 is 16.0 Å². The van der Waals surface area contributed by atoms with E-state index in [2.05, 4.69) is 59.6 Å². The molecule has 3 aromatic rings. The van der Waals surface area contributed by atoms with Crippen molar-refractivity contribution in [2.75, 3.05) is 18.9 Å². The van der Waals surface area contributed by atoms with Crippen LogP contribution in [0.4, 0.5) is 5.82 Å². The molecule has 2 aliphatic heterocycles. The number of likely N-dealkylation sites (N-methyl/N-ethyl adjacent to an activating group) is 1. The third-order valence-corrected chi connectivity index (χ3v) is 6.32.